The van der Waals surface area contributed by atoms with Crippen LogP contribution in [0.4, 0.5) is 0 Å². The maximum absolute atomic E-state index is 12.2. The first-order chi connectivity index (χ1) is 8.46. The molecule has 0 spiro atoms. The lowest BCUT2D eigenvalue weighted by atomic mass is 10.0. The third kappa shape index (κ3) is 2.42. The quantitative estimate of drug-likeness (QED) is 0.641. The first-order valence-electron chi connectivity index (χ1n) is 5.73. The van der Waals surface area contributed by atoms with Crippen LogP contribution in [0.25, 0.3) is 0 Å². The molecule has 0 aromatic heterocycles. The van der Waals surface area contributed by atoms with Crippen LogP contribution in [0.3, 0.4) is 0 Å². The summed E-state index contributed by atoms with van der Waals surface area (Å²) in [7, 11) is 0. The van der Waals surface area contributed by atoms with Gasteiger partial charge in [0, 0.05) is 12.0 Å². The molecule has 1 aliphatic rings. The molecular weight excluding hydrogens is 256 g/mol. The van der Waals surface area contributed by atoms with Crippen LogP contribution in [0.5, 0.6) is 0 Å². The number of rotatable bonds is 3. The van der Waals surface area contributed by atoms with Crippen LogP contribution >= 0.6 is 11.6 Å². The first-order valence-corrected chi connectivity index (χ1v) is 6.11. The summed E-state index contributed by atoms with van der Waals surface area (Å²) in [4.78, 5) is 12.2. The zero-order valence-corrected chi connectivity index (χ0v) is 10.7. The van der Waals surface area contributed by atoms with E-state index in [4.69, 9.17) is 21.4 Å². The van der Waals surface area contributed by atoms with E-state index in [0.717, 1.165) is 5.56 Å². The standard InChI is InChI=1S/C13H15ClO4/c1-8-2-4-9(5-3-8)12(17)13(14)6-10(16)11(7-15)18-13/h2-5,10-11,15-16H,6-7H2,1H3/t10-,11+,13-/m0/s1. The van der Waals surface area contributed by atoms with Crippen molar-refractivity contribution < 1.29 is 19.7 Å². The minimum atomic E-state index is -1.58. The van der Waals surface area contributed by atoms with Gasteiger partial charge in [0.05, 0.1) is 12.7 Å². The van der Waals surface area contributed by atoms with Gasteiger partial charge in [-0.2, -0.15) is 0 Å². The van der Waals surface area contributed by atoms with Crippen molar-refractivity contribution in [3.05, 3.63) is 35.4 Å². The number of aliphatic hydroxyl groups excluding tert-OH is 2. The summed E-state index contributed by atoms with van der Waals surface area (Å²) < 4.78 is 5.27. The number of carbonyl (C=O) groups excluding carboxylic acids is 1. The zero-order chi connectivity index (χ0) is 13.3. The molecule has 1 saturated heterocycles. The highest BCUT2D eigenvalue weighted by molar-refractivity contribution is 6.37. The number of Topliss-reactive ketones (excluding diaryl/α,β-unsaturated/α-hetero) is 1. The molecule has 18 heavy (non-hydrogen) atoms. The van der Waals surface area contributed by atoms with Gasteiger partial charge in [0.25, 0.3) is 0 Å². The Kier molecular flexibility index (Phi) is 3.73. The van der Waals surface area contributed by atoms with Crippen LogP contribution in [-0.4, -0.2) is 39.9 Å². The Labute approximate surface area is 110 Å². The zero-order valence-electron chi connectivity index (χ0n) is 9.97. The molecule has 1 aromatic rings. The van der Waals surface area contributed by atoms with Gasteiger partial charge in [0.1, 0.15) is 6.10 Å². The lowest BCUT2D eigenvalue weighted by Gasteiger charge is -2.20. The number of hydrogen-bond acceptors (Lipinski definition) is 4. The van der Waals surface area contributed by atoms with Crippen LogP contribution in [-0.2, 0) is 4.74 Å². The number of ether oxygens (including phenoxy) is 1. The molecule has 0 saturated carbocycles. The predicted octanol–water partition coefficient (Wildman–Crippen LogP) is 1.25. The number of benzene rings is 1. The van der Waals surface area contributed by atoms with E-state index in [-0.39, 0.29) is 18.8 Å². The average Bonchev–Trinajstić information content (AvgIpc) is 2.65. The van der Waals surface area contributed by atoms with E-state index in [1.807, 2.05) is 19.1 Å². The van der Waals surface area contributed by atoms with Crippen molar-refractivity contribution in [1.82, 2.24) is 0 Å². The van der Waals surface area contributed by atoms with Crippen molar-refractivity contribution in [2.75, 3.05) is 6.61 Å². The molecule has 0 aliphatic carbocycles. The highest BCUT2D eigenvalue weighted by Gasteiger charge is 2.49. The van der Waals surface area contributed by atoms with Crippen LogP contribution in [0.2, 0.25) is 0 Å². The Morgan fingerprint density at radius 3 is 2.61 bits per heavy atom. The third-order valence-electron chi connectivity index (χ3n) is 3.07. The third-order valence-corrected chi connectivity index (χ3v) is 3.49. The van der Waals surface area contributed by atoms with Crippen LogP contribution < -0.4 is 0 Å². The number of aliphatic hydroxyl groups is 2. The largest absolute Gasteiger partial charge is 0.394 e. The number of alkyl halides is 1. The Morgan fingerprint density at radius 2 is 2.11 bits per heavy atom. The second-order valence-corrected chi connectivity index (χ2v) is 5.14. The number of hydrogen-bond donors (Lipinski definition) is 2. The molecule has 0 radical (unpaired) electrons. The number of carbonyl (C=O) groups is 1. The molecule has 0 bridgehead atoms. The van der Waals surface area contributed by atoms with Crippen molar-refractivity contribution in [2.45, 2.75) is 30.6 Å². The van der Waals surface area contributed by atoms with Gasteiger partial charge in [-0.3, -0.25) is 4.79 Å². The SMILES string of the molecule is Cc1ccc(C(=O)[C@]2(Cl)C[C@H](O)[C@@H](CO)O2)cc1. The molecule has 3 atom stereocenters. The van der Waals surface area contributed by atoms with E-state index in [2.05, 4.69) is 0 Å². The average molecular weight is 271 g/mol. The fourth-order valence-corrected chi connectivity index (χ4v) is 2.37. The Hall–Kier alpha value is -0.940. The molecule has 4 nitrogen and oxygen atoms in total. The Balaban J connectivity index is 2.21. The second kappa shape index (κ2) is 4.97. The molecule has 5 heteroatoms. The van der Waals surface area contributed by atoms with E-state index < -0.39 is 17.3 Å². The fraction of sp³-hybridized carbons (Fsp3) is 0.462. The molecular formula is C13H15ClO4. The molecule has 1 aromatic carbocycles. The van der Waals surface area contributed by atoms with E-state index in [0.29, 0.717) is 5.56 Å². The highest BCUT2D eigenvalue weighted by atomic mass is 35.5. The maximum Gasteiger partial charge on any atom is 0.210 e. The van der Waals surface area contributed by atoms with Gasteiger partial charge < -0.3 is 14.9 Å². The van der Waals surface area contributed by atoms with Gasteiger partial charge in [-0.05, 0) is 6.92 Å². The normalized spacial score (nSPS) is 31.6. The minimum Gasteiger partial charge on any atom is -0.394 e. The van der Waals surface area contributed by atoms with Crippen molar-refractivity contribution in [1.29, 1.82) is 0 Å². The van der Waals surface area contributed by atoms with Crippen molar-refractivity contribution in [3.63, 3.8) is 0 Å². The minimum absolute atomic E-state index is 0.0213. The summed E-state index contributed by atoms with van der Waals surface area (Å²) in [6, 6.07) is 6.96. The molecule has 0 amide bonds. The summed E-state index contributed by atoms with van der Waals surface area (Å²) in [5, 5.41) is 17.1. The monoisotopic (exact) mass is 270 g/mol. The molecule has 1 fully saturated rings. The van der Waals surface area contributed by atoms with Crippen molar-refractivity contribution in [3.8, 4) is 0 Å². The van der Waals surface area contributed by atoms with Gasteiger partial charge in [0.2, 0.25) is 10.8 Å². The molecule has 2 rings (SSSR count). The first kappa shape index (κ1) is 13.5. The van der Waals surface area contributed by atoms with Gasteiger partial charge >= 0.3 is 0 Å². The topological polar surface area (TPSA) is 66.8 Å². The van der Waals surface area contributed by atoms with Crippen LogP contribution in [0, 0.1) is 6.92 Å². The molecule has 1 heterocycles. The fourth-order valence-electron chi connectivity index (χ4n) is 1.99. The van der Waals surface area contributed by atoms with Gasteiger partial charge in [-0.1, -0.05) is 41.4 Å². The summed E-state index contributed by atoms with van der Waals surface area (Å²) in [5.74, 6) is -0.390. The Morgan fingerprint density at radius 1 is 1.50 bits per heavy atom. The number of ketones is 1. The molecule has 1 aliphatic heterocycles. The number of aryl methyl sites for hydroxylation is 1. The van der Waals surface area contributed by atoms with Crippen LogP contribution in [0.15, 0.2) is 24.3 Å². The summed E-state index contributed by atoms with van der Waals surface area (Å²) >= 11 is 6.12. The van der Waals surface area contributed by atoms with Crippen molar-refractivity contribution >= 4 is 17.4 Å². The molecule has 0 unspecified atom stereocenters. The van der Waals surface area contributed by atoms with E-state index in [1.54, 1.807) is 12.1 Å². The summed E-state index contributed by atoms with van der Waals surface area (Å²) in [5.41, 5.74) is 1.47. The van der Waals surface area contributed by atoms with E-state index in [9.17, 15) is 9.90 Å². The van der Waals surface area contributed by atoms with Crippen molar-refractivity contribution in [2.24, 2.45) is 0 Å². The van der Waals surface area contributed by atoms with Gasteiger partial charge in [0.15, 0.2) is 0 Å². The maximum atomic E-state index is 12.2. The van der Waals surface area contributed by atoms with Gasteiger partial charge in [-0.25, -0.2) is 0 Å². The van der Waals surface area contributed by atoms with E-state index >= 15 is 0 Å². The Bertz CT molecular complexity index is 445. The summed E-state index contributed by atoms with van der Waals surface area (Å²) in [6.07, 6.45) is -1.76. The number of halogens is 1. The van der Waals surface area contributed by atoms with E-state index in [1.165, 1.54) is 0 Å². The summed E-state index contributed by atoms with van der Waals surface area (Å²) in [6.45, 7) is 1.55. The van der Waals surface area contributed by atoms with Gasteiger partial charge in [-0.15, -0.1) is 0 Å². The lowest BCUT2D eigenvalue weighted by molar-refractivity contribution is -0.0281. The molecule has 98 valence electrons. The highest BCUT2D eigenvalue weighted by Crippen LogP contribution is 2.37. The predicted molar refractivity (Wildman–Crippen MR) is 66.7 cm³/mol. The molecule has 2 N–H and O–H groups in total. The lowest BCUT2D eigenvalue weighted by Crippen LogP contribution is -2.33. The smallest absolute Gasteiger partial charge is 0.210 e. The van der Waals surface area contributed by atoms with Crippen LogP contribution in [0.1, 0.15) is 22.3 Å². The second-order valence-electron chi connectivity index (χ2n) is 4.53.